The molecule has 5 nitrogen and oxygen atoms in total. The van der Waals surface area contributed by atoms with E-state index in [0.717, 1.165) is 5.76 Å². The predicted octanol–water partition coefficient (Wildman–Crippen LogP) is 2.29. The molecule has 0 saturated heterocycles. The van der Waals surface area contributed by atoms with E-state index < -0.39 is 5.97 Å². The summed E-state index contributed by atoms with van der Waals surface area (Å²) in [6, 6.07) is 5.25. The number of nitrogens with one attached hydrogen (secondary N) is 1. The van der Waals surface area contributed by atoms with Crippen LogP contribution in [0.25, 0.3) is 0 Å². The summed E-state index contributed by atoms with van der Waals surface area (Å²) < 4.78 is 5.15. The molecule has 0 radical (unpaired) electrons. The minimum Gasteiger partial charge on any atom is -0.478 e. The van der Waals surface area contributed by atoms with Gasteiger partial charge in [-0.05, 0) is 30.7 Å². The number of hydrogen-bond acceptors (Lipinski definition) is 4. The van der Waals surface area contributed by atoms with E-state index in [-0.39, 0.29) is 5.56 Å². The van der Waals surface area contributed by atoms with Crippen molar-refractivity contribution in [1.82, 2.24) is 4.98 Å². The maximum atomic E-state index is 11.1. The van der Waals surface area contributed by atoms with E-state index >= 15 is 0 Å². The summed E-state index contributed by atoms with van der Waals surface area (Å²) in [6.45, 7) is 2.15. The van der Waals surface area contributed by atoms with E-state index in [1.165, 1.54) is 0 Å². The number of carbonyl (C=O) groups is 1. The van der Waals surface area contributed by atoms with Crippen LogP contribution in [-0.4, -0.2) is 16.1 Å². The molecule has 0 saturated carbocycles. The van der Waals surface area contributed by atoms with Crippen LogP contribution in [0.3, 0.4) is 0 Å². The van der Waals surface area contributed by atoms with Crippen molar-refractivity contribution in [2.45, 2.75) is 13.5 Å². The Morgan fingerprint density at radius 2 is 2.35 bits per heavy atom. The maximum Gasteiger partial charge on any atom is 0.339 e. The van der Waals surface area contributed by atoms with E-state index in [1.807, 2.05) is 6.07 Å². The number of aromatic carboxylic acids is 1. The van der Waals surface area contributed by atoms with Crippen LogP contribution in [0.15, 0.2) is 35.1 Å². The van der Waals surface area contributed by atoms with Crippen molar-refractivity contribution in [1.29, 1.82) is 0 Å². The van der Waals surface area contributed by atoms with Gasteiger partial charge >= 0.3 is 5.97 Å². The number of anilines is 1. The smallest absolute Gasteiger partial charge is 0.339 e. The van der Waals surface area contributed by atoms with Crippen LogP contribution < -0.4 is 5.32 Å². The van der Waals surface area contributed by atoms with Gasteiger partial charge in [-0.1, -0.05) is 0 Å². The van der Waals surface area contributed by atoms with Crippen molar-refractivity contribution < 1.29 is 14.3 Å². The second-order valence-corrected chi connectivity index (χ2v) is 3.59. The summed E-state index contributed by atoms with van der Waals surface area (Å²) in [6.07, 6.45) is 3.14. The van der Waals surface area contributed by atoms with Gasteiger partial charge in [-0.2, -0.15) is 0 Å². The highest BCUT2D eigenvalue weighted by Gasteiger charge is 2.14. The van der Waals surface area contributed by atoms with E-state index in [0.29, 0.717) is 17.9 Å². The van der Waals surface area contributed by atoms with E-state index in [2.05, 4.69) is 10.3 Å². The highest BCUT2D eigenvalue weighted by Crippen LogP contribution is 2.17. The molecule has 0 bridgehead atoms. The van der Waals surface area contributed by atoms with Gasteiger partial charge < -0.3 is 14.8 Å². The van der Waals surface area contributed by atoms with Crippen molar-refractivity contribution in [3.05, 3.63) is 47.5 Å². The summed E-state index contributed by atoms with van der Waals surface area (Å²) in [5.41, 5.74) is 0.869. The molecule has 0 aliphatic heterocycles. The van der Waals surface area contributed by atoms with Crippen molar-refractivity contribution in [3.63, 3.8) is 0 Å². The monoisotopic (exact) mass is 232 g/mol. The first-order chi connectivity index (χ1) is 8.18. The van der Waals surface area contributed by atoms with Crippen LogP contribution in [0.4, 0.5) is 5.82 Å². The van der Waals surface area contributed by atoms with Gasteiger partial charge in [0, 0.05) is 6.20 Å². The third-order valence-electron chi connectivity index (χ3n) is 2.38. The summed E-state index contributed by atoms with van der Waals surface area (Å²) in [5, 5.41) is 12.1. The first-order valence-corrected chi connectivity index (χ1v) is 5.13. The van der Waals surface area contributed by atoms with Crippen molar-refractivity contribution in [3.8, 4) is 0 Å². The van der Waals surface area contributed by atoms with E-state index in [1.54, 1.807) is 31.5 Å². The van der Waals surface area contributed by atoms with E-state index in [4.69, 9.17) is 9.52 Å². The zero-order chi connectivity index (χ0) is 12.3. The van der Waals surface area contributed by atoms with Gasteiger partial charge in [-0.25, -0.2) is 9.78 Å². The summed E-state index contributed by atoms with van der Waals surface area (Å²) in [5.74, 6) is 0.0936. The first-order valence-electron chi connectivity index (χ1n) is 5.13. The van der Waals surface area contributed by atoms with Crippen molar-refractivity contribution in [2.24, 2.45) is 0 Å². The number of pyridine rings is 1. The zero-order valence-electron chi connectivity index (χ0n) is 9.30. The molecule has 2 N–H and O–H groups in total. The number of furan rings is 1. The average Bonchev–Trinajstić information content (AvgIpc) is 2.78. The maximum absolute atomic E-state index is 11.1. The van der Waals surface area contributed by atoms with Crippen LogP contribution in [0.1, 0.15) is 21.7 Å². The number of hydrogen-bond donors (Lipinski definition) is 2. The third-order valence-corrected chi connectivity index (χ3v) is 2.38. The molecule has 0 aromatic carbocycles. The number of carboxylic acids is 1. The second kappa shape index (κ2) is 4.69. The average molecular weight is 232 g/mol. The number of rotatable bonds is 4. The summed E-state index contributed by atoms with van der Waals surface area (Å²) in [7, 11) is 0. The molecular formula is C12H12N2O3. The Morgan fingerprint density at radius 3 is 3.00 bits per heavy atom. The van der Waals surface area contributed by atoms with Gasteiger partial charge in [0.25, 0.3) is 0 Å². The second-order valence-electron chi connectivity index (χ2n) is 3.59. The predicted molar refractivity (Wildman–Crippen MR) is 62.0 cm³/mol. The quantitative estimate of drug-likeness (QED) is 0.845. The topological polar surface area (TPSA) is 75.4 Å². The van der Waals surface area contributed by atoms with Crippen molar-refractivity contribution >= 4 is 11.8 Å². The number of aromatic nitrogens is 1. The van der Waals surface area contributed by atoms with Gasteiger partial charge in [-0.3, -0.25) is 0 Å². The zero-order valence-corrected chi connectivity index (χ0v) is 9.30. The van der Waals surface area contributed by atoms with Gasteiger partial charge in [-0.15, -0.1) is 0 Å². The van der Waals surface area contributed by atoms with Crippen LogP contribution in [0.5, 0.6) is 0 Å². The lowest BCUT2D eigenvalue weighted by Gasteiger charge is -2.08. The molecule has 0 atom stereocenters. The summed E-state index contributed by atoms with van der Waals surface area (Å²) >= 11 is 0. The van der Waals surface area contributed by atoms with Gasteiger partial charge in [0.15, 0.2) is 0 Å². The Kier molecular flexibility index (Phi) is 3.09. The minimum atomic E-state index is -0.988. The standard InChI is InChI=1S/C12H12N2O3/c1-8-4-5-13-11(10(8)12(15)16)14-7-9-3-2-6-17-9/h2-6H,7H2,1H3,(H,13,14)(H,15,16). The summed E-state index contributed by atoms with van der Waals surface area (Å²) in [4.78, 5) is 15.1. The molecule has 17 heavy (non-hydrogen) atoms. The number of carboxylic acid groups (broad SMARTS) is 1. The first kappa shape index (κ1) is 11.2. The fourth-order valence-corrected chi connectivity index (χ4v) is 1.55. The number of aryl methyl sites for hydroxylation is 1. The molecule has 0 spiro atoms. The van der Waals surface area contributed by atoms with Gasteiger partial charge in [0.1, 0.15) is 17.1 Å². The molecule has 2 aromatic rings. The Balaban J connectivity index is 2.21. The highest BCUT2D eigenvalue weighted by molar-refractivity contribution is 5.94. The van der Waals surface area contributed by atoms with Gasteiger partial charge in [0.2, 0.25) is 0 Å². The molecule has 0 unspecified atom stereocenters. The SMILES string of the molecule is Cc1ccnc(NCc2ccco2)c1C(=O)O. The normalized spacial score (nSPS) is 10.2. The number of nitrogens with zero attached hydrogens (tertiary/aromatic N) is 1. The Morgan fingerprint density at radius 1 is 1.53 bits per heavy atom. The van der Waals surface area contributed by atoms with Crippen LogP contribution in [0.2, 0.25) is 0 Å². The molecule has 0 amide bonds. The molecule has 2 heterocycles. The molecule has 2 aromatic heterocycles. The molecule has 0 aliphatic carbocycles. The van der Waals surface area contributed by atoms with Crippen LogP contribution in [0, 0.1) is 6.92 Å². The fourth-order valence-electron chi connectivity index (χ4n) is 1.55. The molecule has 2 rings (SSSR count). The lowest BCUT2D eigenvalue weighted by Crippen LogP contribution is -2.09. The third kappa shape index (κ3) is 2.44. The molecule has 0 fully saturated rings. The van der Waals surface area contributed by atoms with E-state index in [9.17, 15) is 4.79 Å². The molecule has 0 aliphatic rings. The lowest BCUT2D eigenvalue weighted by molar-refractivity contribution is 0.0696. The molecule has 5 heteroatoms. The lowest BCUT2D eigenvalue weighted by atomic mass is 10.1. The highest BCUT2D eigenvalue weighted by atomic mass is 16.4. The van der Waals surface area contributed by atoms with Crippen LogP contribution in [-0.2, 0) is 6.54 Å². The minimum absolute atomic E-state index is 0.194. The molecule has 88 valence electrons. The largest absolute Gasteiger partial charge is 0.478 e. The van der Waals surface area contributed by atoms with Gasteiger partial charge in [0.05, 0.1) is 12.8 Å². The Bertz CT molecular complexity index is 521. The Hall–Kier alpha value is -2.30. The fraction of sp³-hybridized carbons (Fsp3) is 0.167. The van der Waals surface area contributed by atoms with Crippen LogP contribution >= 0.6 is 0 Å². The molecular weight excluding hydrogens is 220 g/mol. The Labute approximate surface area is 98.1 Å². The van der Waals surface area contributed by atoms with Crippen molar-refractivity contribution in [2.75, 3.05) is 5.32 Å².